The van der Waals surface area contributed by atoms with Gasteiger partial charge in [0.25, 0.3) is 0 Å². The van der Waals surface area contributed by atoms with Crippen molar-refractivity contribution in [3.63, 3.8) is 0 Å². The van der Waals surface area contributed by atoms with E-state index in [4.69, 9.17) is 9.47 Å². The second-order valence-corrected chi connectivity index (χ2v) is 5.48. The van der Waals surface area contributed by atoms with Gasteiger partial charge < -0.3 is 24.5 Å². The zero-order chi connectivity index (χ0) is 14.4. The maximum atomic E-state index is 9.84. The molecular formula is C15H26N2O3. The van der Waals surface area contributed by atoms with Crippen LogP contribution in [-0.4, -0.2) is 48.2 Å². The molecule has 20 heavy (non-hydrogen) atoms. The Labute approximate surface area is 120 Å². The number of hydrogen-bond acceptors (Lipinski definition) is 4. The summed E-state index contributed by atoms with van der Waals surface area (Å²) in [7, 11) is 2.05. The molecule has 5 heteroatoms. The lowest BCUT2D eigenvalue weighted by Gasteiger charge is -2.15. The molecule has 0 bridgehead atoms. The van der Waals surface area contributed by atoms with Crippen molar-refractivity contribution in [1.29, 1.82) is 0 Å². The van der Waals surface area contributed by atoms with Crippen LogP contribution in [0.2, 0.25) is 0 Å². The monoisotopic (exact) mass is 282 g/mol. The lowest BCUT2D eigenvalue weighted by atomic mass is 10.2. The molecule has 0 radical (unpaired) electrons. The fourth-order valence-electron chi connectivity index (χ4n) is 2.38. The molecule has 1 fully saturated rings. The maximum Gasteiger partial charge on any atom is 0.0897 e. The fourth-order valence-corrected chi connectivity index (χ4v) is 2.38. The van der Waals surface area contributed by atoms with E-state index in [2.05, 4.69) is 28.9 Å². The zero-order valence-corrected chi connectivity index (χ0v) is 12.5. The molecule has 2 atom stereocenters. The van der Waals surface area contributed by atoms with E-state index < -0.39 is 6.10 Å². The molecule has 2 rings (SSSR count). The van der Waals surface area contributed by atoms with Gasteiger partial charge in [-0.25, -0.2) is 0 Å². The topological polar surface area (TPSA) is 55.6 Å². The molecule has 0 amide bonds. The fraction of sp³-hybridized carbons (Fsp3) is 0.733. The molecule has 114 valence electrons. The van der Waals surface area contributed by atoms with Gasteiger partial charge in [0.15, 0.2) is 0 Å². The third-order valence-corrected chi connectivity index (χ3v) is 3.80. The summed E-state index contributed by atoms with van der Waals surface area (Å²) in [5.74, 6) is 0. The van der Waals surface area contributed by atoms with Crippen LogP contribution < -0.4 is 5.32 Å². The molecule has 1 aliphatic heterocycles. The van der Waals surface area contributed by atoms with Crippen LogP contribution in [0.5, 0.6) is 0 Å². The Balaban J connectivity index is 1.55. The summed E-state index contributed by atoms with van der Waals surface area (Å²) in [6.45, 7) is 5.17. The highest BCUT2D eigenvalue weighted by molar-refractivity contribution is 5.14. The molecular weight excluding hydrogens is 256 g/mol. The maximum absolute atomic E-state index is 9.84. The molecule has 2 heterocycles. The molecule has 2 N–H and O–H groups in total. The van der Waals surface area contributed by atoms with Gasteiger partial charge in [0.05, 0.1) is 25.4 Å². The number of aliphatic hydroxyl groups is 1. The molecule has 0 spiro atoms. The smallest absolute Gasteiger partial charge is 0.0897 e. The van der Waals surface area contributed by atoms with Crippen LogP contribution in [-0.2, 0) is 23.1 Å². The number of aliphatic hydroxyl groups excluding tert-OH is 1. The van der Waals surface area contributed by atoms with Crippen LogP contribution in [0.4, 0.5) is 0 Å². The van der Waals surface area contributed by atoms with Crippen molar-refractivity contribution in [2.45, 2.75) is 38.5 Å². The first kappa shape index (κ1) is 15.5. The first-order valence-corrected chi connectivity index (χ1v) is 7.36. The average molecular weight is 282 g/mol. The Morgan fingerprint density at radius 1 is 1.55 bits per heavy atom. The number of rotatable bonds is 8. The van der Waals surface area contributed by atoms with Gasteiger partial charge in [-0.1, -0.05) is 0 Å². The van der Waals surface area contributed by atoms with Gasteiger partial charge in [0, 0.05) is 38.1 Å². The van der Waals surface area contributed by atoms with Crippen molar-refractivity contribution in [2.24, 2.45) is 7.05 Å². The quantitative estimate of drug-likeness (QED) is 0.746. The van der Waals surface area contributed by atoms with E-state index >= 15 is 0 Å². The summed E-state index contributed by atoms with van der Waals surface area (Å²) in [5, 5.41) is 13.1. The van der Waals surface area contributed by atoms with E-state index in [0.717, 1.165) is 26.0 Å². The summed E-state index contributed by atoms with van der Waals surface area (Å²) in [6, 6.07) is 4.20. The minimum Gasteiger partial charge on any atom is -0.389 e. The normalized spacial score (nSPS) is 20.4. The van der Waals surface area contributed by atoms with Crippen molar-refractivity contribution in [2.75, 3.05) is 26.4 Å². The molecule has 1 aromatic heterocycles. The van der Waals surface area contributed by atoms with Crippen LogP contribution in [0, 0.1) is 6.92 Å². The van der Waals surface area contributed by atoms with Crippen molar-refractivity contribution < 1.29 is 14.6 Å². The lowest BCUT2D eigenvalue weighted by molar-refractivity contribution is -0.0165. The lowest BCUT2D eigenvalue weighted by Crippen LogP contribution is -2.31. The number of aryl methyl sites for hydroxylation is 1. The molecule has 1 aliphatic rings. The van der Waals surface area contributed by atoms with Gasteiger partial charge >= 0.3 is 0 Å². The van der Waals surface area contributed by atoms with Crippen LogP contribution in [0.25, 0.3) is 0 Å². The summed E-state index contributed by atoms with van der Waals surface area (Å²) in [5.41, 5.74) is 2.46. The van der Waals surface area contributed by atoms with E-state index in [1.54, 1.807) is 0 Å². The van der Waals surface area contributed by atoms with Gasteiger partial charge in [-0.3, -0.25) is 0 Å². The Morgan fingerprint density at radius 2 is 2.40 bits per heavy atom. The zero-order valence-electron chi connectivity index (χ0n) is 12.5. The SMILES string of the molecule is Cc1ccc(CNC[C@H](O)COC[C@@H]2CCCO2)n1C. The Hall–Kier alpha value is -0.880. The van der Waals surface area contributed by atoms with Gasteiger partial charge in [0.1, 0.15) is 0 Å². The summed E-state index contributed by atoms with van der Waals surface area (Å²) in [6.07, 6.45) is 1.94. The number of ether oxygens (including phenoxy) is 2. The number of nitrogens with zero attached hydrogens (tertiary/aromatic N) is 1. The van der Waals surface area contributed by atoms with Crippen molar-refractivity contribution >= 4 is 0 Å². The highest BCUT2D eigenvalue weighted by Gasteiger charge is 2.16. The highest BCUT2D eigenvalue weighted by Crippen LogP contribution is 2.11. The number of nitrogens with one attached hydrogen (secondary N) is 1. The third kappa shape index (κ3) is 4.59. The van der Waals surface area contributed by atoms with Crippen LogP contribution >= 0.6 is 0 Å². The molecule has 0 unspecified atom stereocenters. The van der Waals surface area contributed by atoms with E-state index in [1.807, 2.05) is 7.05 Å². The highest BCUT2D eigenvalue weighted by atomic mass is 16.5. The van der Waals surface area contributed by atoms with Gasteiger partial charge in [-0.05, 0) is 31.9 Å². The average Bonchev–Trinajstić information content (AvgIpc) is 3.04. The summed E-state index contributed by atoms with van der Waals surface area (Å²) in [4.78, 5) is 0. The first-order chi connectivity index (χ1) is 9.66. The third-order valence-electron chi connectivity index (χ3n) is 3.80. The molecule has 1 saturated heterocycles. The molecule has 5 nitrogen and oxygen atoms in total. The second-order valence-electron chi connectivity index (χ2n) is 5.48. The van der Waals surface area contributed by atoms with Gasteiger partial charge in [0.2, 0.25) is 0 Å². The second kappa shape index (κ2) is 7.78. The van der Waals surface area contributed by atoms with Crippen LogP contribution in [0.3, 0.4) is 0 Å². The summed E-state index contributed by atoms with van der Waals surface area (Å²) >= 11 is 0. The minimum absolute atomic E-state index is 0.224. The Morgan fingerprint density at radius 3 is 3.05 bits per heavy atom. The van der Waals surface area contributed by atoms with E-state index in [1.165, 1.54) is 11.4 Å². The van der Waals surface area contributed by atoms with Gasteiger partial charge in [-0.2, -0.15) is 0 Å². The number of hydrogen-bond donors (Lipinski definition) is 2. The summed E-state index contributed by atoms with van der Waals surface area (Å²) < 4.78 is 13.1. The van der Waals surface area contributed by atoms with Crippen LogP contribution in [0.15, 0.2) is 12.1 Å². The Kier molecular flexibility index (Phi) is 6.04. The predicted molar refractivity (Wildman–Crippen MR) is 77.7 cm³/mol. The predicted octanol–water partition coefficient (Wildman–Crippen LogP) is 0.980. The molecule has 0 aromatic carbocycles. The minimum atomic E-state index is -0.474. The van der Waals surface area contributed by atoms with Gasteiger partial charge in [-0.15, -0.1) is 0 Å². The standard InChI is InChI=1S/C15H26N2O3/c1-12-5-6-13(17(12)2)8-16-9-14(18)10-19-11-15-4-3-7-20-15/h5-6,14-16,18H,3-4,7-11H2,1-2H3/t14-,15-/m0/s1. The molecule has 1 aromatic rings. The first-order valence-electron chi connectivity index (χ1n) is 7.36. The van der Waals surface area contributed by atoms with Crippen molar-refractivity contribution in [3.05, 3.63) is 23.5 Å². The largest absolute Gasteiger partial charge is 0.389 e. The van der Waals surface area contributed by atoms with Crippen LogP contribution in [0.1, 0.15) is 24.2 Å². The van der Waals surface area contributed by atoms with Crippen molar-refractivity contribution in [3.8, 4) is 0 Å². The Bertz CT molecular complexity index is 400. The van der Waals surface area contributed by atoms with Crippen molar-refractivity contribution in [1.82, 2.24) is 9.88 Å². The molecule has 0 aliphatic carbocycles. The van der Waals surface area contributed by atoms with E-state index in [9.17, 15) is 5.11 Å². The van der Waals surface area contributed by atoms with E-state index in [0.29, 0.717) is 19.8 Å². The number of aromatic nitrogens is 1. The molecule has 0 saturated carbocycles. The van der Waals surface area contributed by atoms with E-state index in [-0.39, 0.29) is 6.10 Å².